The van der Waals surface area contributed by atoms with Crippen LogP contribution >= 0.6 is 0 Å². The van der Waals surface area contributed by atoms with Gasteiger partial charge in [-0.2, -0.15) is 0 Å². The molecule has 1 amide bonds. The molecule has 0 aromatic heterocycles. The third-order valence-corrected chi connectivity index (χ3v) is 3.04. The molecule has 2 atom stereocenters. The summed E-state index contributed by atoms with van der Waals surface area (Å²) in [7, 11) is 0. The molecule has 1 saturated carbocycles. The van der Waals surface area contributed by atoms with E-state index in [-0.39, 0.29) is 5.91 Å². The molecule has 2 unspecified atom stereocenters. The number of carbonyl (C=O) groups is 1. The molecule has 1 rings (SSSR count). The minimum absolute atomic E-state index is 0.0166. The number of nitrogens with one attached hydrogen (secondary N) is 1. The molecule has 0 bridgehead atoms. The molecule has 0 aromatic carbocycles. The Morgan fingerprint density at radius 1 is 1.67 bits per heavy atom. The summed E-state index contributed by atoms with van der Waals surface area (Å²) in [6, 6.07) is 0. The highest BCUT2D eigenvalue weighted by Crippen LogP contribution is 2.30. The minimum Gasteiger partial charge on any atom is -0.351 e. The maximum atomic E-state index is 11.9. The second-order valence-electron chi connectivity index (χ2n) is 5.00. The van der Waals surface area contributed by atoms with E-state index >= 15 is 0 Å². The molecule has 3 nitrogen and oxygen atoms in total. The smallest absolute Gasteiger partial charge is 0.240 e. The highest BCUT2D eigenvalue weighted by Gasteiger charge is 2.37. The van der Waals surface area contributed by atoms with Crippen molar-refractivity contribution >= 4 is 5.91 Å². The number of carbonyl (C=O) groups excluding carboxylic acids is 1. The van der Waals surface area contributed by atoms with Crippen LogP contribution in [0.5, 0.6) is 0 Å². The summed E-state index contributed by atoms with van der Waals surface area (Å²) in [4.78, 5) is 11.9. The first-order chi connectivity index (χ1) is 6.94. The van der Waals surface area contributed by atoms with Crippen LogP contribution in [0.25, 0.3) is 0 Å². The topological polar surface area (TPSA) is 55.1 Å². The van der Waals surface area contributed by atoms with Gasteiger partial charge >= 0.3 is 0 Å². The lowest BCUT2D eigenvalue weighted by Crippen LogP contribution is -2.56. The maximum Gasteiger partial charge on any atom is 0.240 e. The van der Waals surface area contributed by atoms with Crippen molar-refractivity contribution in [3.63, 3.8) is 0 Å². The monoisotopic (exact) mass is 210 g/mol. The summed E-state index contributed by atoms with van der Waals surface area (Å²) in [5.74, 6) is 0.538. The van der Waals surface area contributed by atoms with Crippen LogP contribution in [0.1, 0.15) is 39.5 Å². The fraction of sp³-hybridized carbons (Fsp3) is 0.750. The third kappa shape index (κ3) is 3.34. The van der Waals surface area contributed by atoms with Crippen LogP contribution in [-0.4, -0.2) is 18.0 Å². The minimum atomic E-state index is -0.646. The molecule has 1 aliphatic rings. The first-order valence-electron chi connectivity index (χ1n) is 5.65. The quantitative estimate of drug-likeness (QED) is 0.695. The Morgan fingerprint density at radius 3 is 2.87 bits per heavy atom. The van der Waals surface area contributed by atoms with Crippen LogP contribution in [-0.2, 0) is 4.79 Å². The molecule has 15 heavy (non-hydrogen) atoms. The molecule has 0 aliphatic heterocycles. The van der Waals surface area contributed by atoms with Gasteiger partial charge in [-0.15, -0.1) is 0 Å². The fourth-order valence-electron chi connectivity index (χ4n) is 2.21. The second-order valence-corrected chi connectivity index (χ2v) is 5.00. The van der Waals surface area contributed by atoms with Crippen LogP contribution < -0.4 is 11.1 Å². The van der Waals surface area contributed by atoms with Crippen LogP contribution in [0.2, 0.25) is 0 Å². The van der Waals surface area contributed by atoms with Gasteiger partial charge in [0.15, 0.2) is 0 Å². The van der Waals surface area contributed by atoms with Gasteiger partial charge in [0.2, 0.25) is 5.91 Å². The van der Waals surface area contributed by atoms with Gasteiger partial charge in [-0.25, -0.2) is 0 Å². The molecule has 1 aliphatic carbocycles. The van der Waals surface area contributed by atoms with Crippen molar-refractivity contribution in [1.29, 1.82) is 0 Å². The molecule has 3 N–H and O–H groups in total. The predicted octanol–water partition coefficient (Wildman–Crippen LogP) is 1.59. The van der Waals surface area contributed by atoms with Gasteiger partial charge in [0.1, 0.15) is 0 Å². The number of rotatable bonds is 3. The summed E-state index contributed by atoms with van der Waals surface area (Å²) >= 11 is 0. The van der Waals surface area contributed by atoms with E-state index in [0.717, 1.165) is 24.8 Å². The van der Waals surface area contributed by atoms with Crippen molar-refractivity contribution in [3.8, 4) is 0 Å². The molecule has 3 heteroatoms. The summed E-state index contributed by atoms with van der Waals surface area (Å²) in [6.07, 6.45) is 3.85. The van der Waals surface area contributed by atoms with Gasteiger partial charge in [0, 0.05) is 6.54 Å². The first-order valence-corrected chi connectivity index (χ1v) is 5.65. The van der Waals surface area contributed by atoms with E-state index in [2.05, 4.69) is 18.8 Å². The van der Waals surface area contributed by atoms with Crippen LogP contribution in [0, 0.1) is 5.92 Å². The van der Waals surface area contributed by atoms with E-state index < -0.39 is 5.54 Å². The third-order valence-electron chi connectivity index (χ3n) is 3.04. The predicted molar refractivity (Wildman–Crippen MR) is 62.4 cm³/mol. The number of hydrogen-bond acceptors (Lipinski definition) is 2. The number of hydrogen-bond donors (Lipinski definition) is 2. The zero-order valence-electron chi connectivity index (χ0n) is 9.81. The van der Waals surface area contributed by atoms with E-state index in [4.69, 9.17) is 5.73 Å². The lowest BCUT2D eigenvalue weighted by atomic mass is 9.76. The Bertz CT molecular complexity index is 262. The molecule has 0 spiro atoms. The molecule has 86 valence electrons. The average molecular weight is 210 g/mol. The second kappa shape index (κ2) is 4.79. The summed E-state index contributed by atoms with van der Waals surface area (Å²) in [5, 5.41) is 2.85. The molecule has 0 aromatic rings. The van der Waals surface area contributed by atoms with Crippen molar-refractivity contribution in [2.24, 2.45) is 11.7 Å². The van der Waals surface area contributed by atoms with Crippen molar-refractivity contribution in [2.45, 2.75) is 45.1 Å². The van der Waals surface area contributed by atoms with Crippen molar-refractivity contribution in [1.82, 2.24) is 5.32 Å². The normalized spacial score (nSPS) is 31.0. The van der Waals surface area contributed by atoms with Crippen LogP contribution in [0.4, 0.5) is 0 Å². The maximum absolute atomic E-state index is 11.9. The van der Waals surface area contributed by atoms with Crippen molar-refractivity contribution in [2.75, 3.05) is 6.54 Å². The average Bonchev–Trinajstić information content (AvgIpc) is 2.13. The van der Waals surface area contributed by atoms with Gasteiger partial charge in [-0.3, -0.25) is 4.79 Å². The van der Waals surface area contributed by atoms with Gasteiger partial charge in [0.25, 0.3) is 0 Å². The zero-order chi connectivity index (χ0) is 11.5. The van der Waals surface area contributed by atoms with Crippen molar-refractivity contribution < 1.29 is 4.79 Å². The first kappa shape index (κ1) is 12.2. The lowest BCUT2D eigenvalue weighted by Gasteiger charge is -2.35. The highest BCUT2D eigenvalue weighted by atomic mass is 16.2. The Balaban J connectivity index is 2.52. The van der Waals surface area contributed by atoms with E-state index in [1.54, 1.807) is 0 Å². The largest absolute Gasteiger partial charge is 0.351 e. The Labute approximate surface area is 92.1 Å². The Morgan fingerprint density at radius 2 is 2.33 bits per heavy atom. The Kier molecular flexibility index (Phi) is 3.91. The summed E-state index contributed by atoms with van der Waals surface area (Å²) in [5.41, 5.74) is 6.45. The van der Waals surface area contributed by atoms with E-state index in [1.165, 1.54) is 6.42 Å². The fourth-order valence-corrected chi connectivity index (χ4v) is 2.21. The van der Waals surface area contributed by atoms with Gasteiger partial charge in [-0.1, -0.05) is 31.9 Å². The molecule has 0 radical (unpaired) electrons. The van der Waals surface area contributed by atoms with Gasteiger partial charge < -0.3 is 11.1 Å². The summed E-state index contributed by atoms with van der Waals surface area (Å²) in [6.45, 7) is 8.34. The van der Waals surface area contributed by atoms with E-state index in [0.29, 0.717) is 12.5 Å². The SMILES string of the molecule is C=C(C)CNC(=O)C1(N)CCCC(C)C1. The molecule has 1 fully saturated rings. The van der Waals surface area contributed by atoms with E-state index in [1.807, 2.05) is 6.92 Å². The standard InChI is InChI=1S/C12H22N2O/c1-9(2)8-14-11(15)12(13)6-4-5-10(3)7-12/h10H,1,4-8,13H2,2-3H3,(H,14,15). The van der Waals surface area contributed by atoms with Crippen molar-refractivity contribution in [3.05, 3.63) is 12.2 Å². The van der Waals surface area contributed by atoms with Gasteiger partial charge in [-0.05, 0) is 25.7 Å². The van der Waals surface area contributed by atoms with Crippen LogP contribution in [0.15, 0.2) is 12.2 Å². The number of nitrogens with two attached hydrogens (primary N) is 1. The molecule has 0 saturated heterocycles. The van der Waals surface area contributed by atoms with Gasteiger partial charge in [0.05, 0.1) is 5.54 Å². The molecule has 0 heterocycles. The van der Waals surface area contributed by atoms with E-state index in [9.17, 15) is 4.79 Å². The lowest BCUT2D eigenvalue weighted by molar-refractivity contribution is -0.127. The Hall–Kier alpha value is -0.830. The highest BCUT2D eigenvalue weighted by molar-refractivity contribution is 5.86. The number of amides is 1. The summed E-state index contributed by atoms with van der Waals surface area (Å²) < 4.78 is 0. The van der Waals surface area contributed by atoms with Crippen LogP contribution in [0.3, 0.4) is 0 Å². The molecular formula is C12H22N2O. The zero-order valence-corrected chi connectivity index (χ0v) is 9.81. The molecular weight excluding hydrogens is 188 g/mol.